The summed E-state index contributed by atoms with van der Waals surface area (Å²) in [6.07, 6.45) is 5.14. The van der Waals surface area contributed by atoms with Crippen molar-refractivity contribution in [2.75, 3.05) is 12.4 Å². The van der Waals surface area contributed by atoms with Gasteiger partial charge in [-0.3, -0.25) is 4.98 Å². The smallest absolute Gasteiger partial charge is 0.121 e. The molecule has 2 heterocycles. The average Bonchev–Trinajstić information content (AvgIpc) is 3.17. The van der Waals surface area contributed by atoms with E-state index in [4.69, 9.17) is 20.8 Å². The van der Waals surface area contributed by atoms with Crippen molar-refractivity contribution in [3.63, 3.8) is 0 Å². The van der Waals surface area contributed by atoms with Crippen molar-refractivity contribution >= 4 is 33.9 Å². The third-order valence-corrected chi connectivity index (χ3v) is 4.21. The Balaban J connectivity index is 1.78. The number of hydrogen-bond donors (Lipinski definition) is 1. The van der Waals surface area contributed by atoms with Gasteiger partial charge in [0.25, 0.3) is 0 Å². The second kappa shape index (κ2) is 6.49. The van der Waals surface area contributed by atoms with E-state index >= 15 is 0 Å². The molecule has 0 aliphatic rings. The molecule has 0 saturated heterocycles. The van der Waals surface area contributed by atoms with E-state index in [-0.39, 0.29) is 0 Å². The van der Waals surface area contributed by atoms with E-state index in [9.17, 15) is 0 Å². The van der Waals surface area contributed by atoms with E-state index in [2.05, 4.69) is 10.3 Å². The van der Waals surface area contributed by atoms with Gasteiger partial charge < -0.3 is 14.5 Å². The number of methoxy groups -OCH3 is 1. The lowest BCUT2D eigenvalue weighted by atomic mass is 10.1. The zero-order valence-electron chi connectivity index (χ0n) is 13.5. The maximum atomic E-state index is 6.15. The third kappa shape index (κ3) is 3.16. The molecule has 4 rings (SSSR count). The molecule has 25 heavy (non-hydrogen) atoms. The number of rotatable bonds is 4. The molecule has 0 saturated carbocycles. The van der Waals surface area contributed by atoms with Crippen molar-refractivity contribution in [2.24, 2.45) is 0 Å². The van der Waals surface area contributed by atoms with Gasteiger partial charge in [-0.25, -0.2) is 0 Å². The van der Waals surface area contributed by atoms with Crippen LogP contribution in [0, 0.1) is 0 Å². The van der Waals surface area contributed by atoms with Gasteiger partial charge >= 0.3 is 0 Å². The number of hydrogen-bond acceptors (Lipinski definition) is 4. The van der Waals surface area contributed by atoms with E-state index in [1.807, 2.05) is 48.5 Å². The minimum Gasteiger partial charge on any atom is -0.497 e. The molecule has 2 aromatic carbocycles. The number of benzene rings is 2. The molecule has 4 nitrogen and oxygen atoms in total. The van der Waals surface area contributed by atoms with Gasteiger partial charge in [0.15, 0.2) is 0 Å². The van der Waals surface area contributed by atoms with E-state index in [0.29, 0.717) is 5.02 Å². The van der Waals surface area contributed by atoms with Crippen LogP contribution < -0.4 is 10.1 Å². The van der Waals surface area contributed by atoms with Crippen LogP contribution in [0.5, 0.6) is 5.75 Å². The number of fused-ring (bicyclic) bond motifs is 1. The Morgan fingerprint density at radius 1 is 1.04 bits per heavy atom. The largest absolute Gasteiger partial charge is 0.497 e. The Morgan fingerprint density at radius 2 is 1.96 bits per heavy atom. The maximum absolute atomic E-state index is 6.15. The fourth-order valence-electron chi connectivity index (χ4n) is 2.77. The highest BCUT2D eigenvalue weighted by atomic mass is 35.5. The Hall–Kier alpha value is -2.98. The molecule has 0 amide bonds. The zero-order valence-corrected chi connectivity index (χ0v) is 14.2. The summed E-state index contributed by atoms with van der Waals surface area (Å²) in [6.45, 7) is 0. The number of aromatic nitrogens is 1. The molecule has 0 unspecified atom stereocenters. The number of pyridine rings is 1. The quantitative estimate of drug-likeness (QED) is 0.497. The van der Waals surface area contributed by atoms with Gasteiger partial charge in [0.2, 0.25) is 0 Å². The Labute approximate surface area is 150 Å². The lowest BCUT2D eigenvalue weighted by molar-refractivity contribution is 0.415. The number of nitrogens with one attached hydrogen (secondary N) is 1. The summed E-state index contributed by atoms with van der Waals surface area (Å²) in [5, 5.41) is 5.08. The van der Waals surface area contributed by atoms with Crippen LogP contribution in [0.25, 0.3) is 22.0 Å². The Kier molecular flexibility index (Phi) is 4.04. The molecule has 0 atom stereocenters. The van der Waals surface area contributed by atoms with Gasteiger partial charge in [-0.15, -0.1) is 0 Å². The fourth-order valence-corrected chi connectivity index (χ4v) is 2.94. The van der Waals surface area contributed by atoms with Gasteiger partial charge in [0.1, 0.15) is 5.75 Å². The van der Waals surface area contributed by atoms with Gasteiger partial charge in [0.05, 0.1) is 25.2 Å². The summed E-state index contributed by atoms with van der Waals surface area (Å²) < 4.78 is 10.6. The third-order valence-electron chi connectivity index (χ3n) is 3.98. The van der Waals surface area contributed by atoms with Crippen molar-refractivity contribution < 1.29 is 9.15 Å². The van der Waals surface area contributed by atoms with Crippen molar-refractivity contribution in [1.82, 2.24) is 4.98 Å². The first-order chi connectivity index (χ1) is 12.2. The number of nitrogens with zero attached hydrogens (tertiary/aromatic N) is 1. The highest BCUT2D eigenvalue weighted by Gasteiger charge is 2.08. The number of furan rings is 1. The lowest BCUT2D eigenvalue weighted by Crippen LogP contribution is -1.94. The van der Waals surface area contributed by atoms with Crippen molar-refractivity contribution in [2.45, 2.75) is 0 Å². The molecule has 0 radical (unpaired) electrons. The number of anilines is 2. The average molecular weight is 351 g/mol. The van der Waals surface area contributed by atoms with Crippen LogP contribution in [0.2, 0.25) is 5.02 Å². The molecule has 0 bridgehead atoms. The van der Waals surface area contributed by atoms with Crippen LogP contribution in [-0.4, -0.2) is 12.1 Å². The van der Waals surface area contributed by atoms with Crippen molar-refractivity contribution in [3.8, 4) is 16.9 Å². The van der Waals surface area contributed by atoms with Gasteiger partial charge in [-0.1, -0.05) is 11.6 Å². The monoisotopic (exact) mass is 350 g/mol. The van der Waals surface area contributed by atoms with Crippen molar-refractivity contribution in [3.05, 3.63) is 72.3 Å². The predicted octanol–water partition coefficient (Wildman–Crippen LogP) is 5.90. The number of halogens is 1. The minimum atomic E-state index is 0.674. The van der Waals surface area contributed by atoms with E-state index in [0.717, 1.165) is 39.2 Å². The van der Waals surface area contributed by atoms with E-state index in [1.54, 1.807) is 25.8 Å². The van der Waals surface area contributed by atoms with E-state index in [1.165, 1.54) is 0 Å². The highest BCUT2D eigenvalue weighted by molar-refractivity contribution is 6.31. The van der Waals surface area contributed by atoms with Gasteiger partial charge in [-0.2, -0.15) is 0 Å². The van der Waals surface area contributed by atoms with Gasteiger partial charge in [0, 0.05) is 39.6 Å². The Morgan fingerprint density at radius 3 is 2.76 bits per heavy atom. The van der Waals surface area contributed by atoms with Gasteiger partial charge in [-0.05, 0) is 48.0 Å². The van der Waals surface area contributed by atoms with Crippen LogP contribution >= 0.6 is 11.6 Å². The fraction of sp³-hybridized carbons (Fsp3) is 0.0500. The number of ether oxygens (including phenoxy) is 1. The molecule has 124 valence electrons. The first-order valence-electron chi connectivity index (χ1n) is 7.76. The minimum absolute atomic E-state index is 0.674. The van der Waals surface area contributed by atoms with Crippen LogP contribution in [-0.2, 0) is 0 Å². The zero-order chi connectivity index (χ0) is 17.2. The molecule has 5 heteroatoms. The van der Waals surface area contributed by atoms with Crippen LogP contribution in [0.4, 0.5) is 11.4 Å². The molecule has 1 N–H and O–H groups in total. The summed E-state index contributed by atoms with van der Waals surface area (Å²) in [5.74, 6) is 0.762. The summed E-state index contributed by atoms with van der Waals surface area (Å²) in [4.78, 5) is 4.38. The van der Waals surface area contributed by atoms with Crippen LogP contribution in [0.3, 0.4) is 0 Å². The van der Waals surface area contributed by atoms with E-state index < -0.39 is 0 Å². The molecule has 0 aliphatic carbocycles. The van der Waals surface area contributed by atoms with Crippen LogP contribution in [0.1, 0.15) is 0 Å². The standard InChI is InChI=1S/C20H15ClN2O2/c1-24-17-9-14(13-5-7-25-12-13)8-16(11-17)23-20-4-6-22-19-3-2-15(21)10-18(19)20/h2-12H,1H3,(H,22,23). The molecule has 0 spiro atoms. The second-order valence-electron chi connectivity index (χ2n) is 5.61. The molecular formula is C20H15ClN2O2. The Bertz CT molecular complexity index is 1030. The predicted molar refractivity (Wildman–Crippen MR) is 101 cm³/mol. The van der Waals surface area contributed by atoms with Crippen molar-refractivity contribution in [1.29, 1.82) is 0 Å². The normalized spacial score (nSPS) is 10.8. The first-order valence-corrected chi connectivity index (χ1v) is 8.14. The summed E-state index contributed by atoms with van der Waals surface area (Å²) >= 11 is 6.15. The lowest BCUT2D eigenvalue weighted by Gasteiger charge is -2.12. The molecular weight excluding hydrogens is 336 g/mol. The highest BCUT2D eigenvalue weighted by Crippen LogP contribution is 2.32. The molecule has 2 aromatic heterocycles. The molecule has 4 aromatic rings. The summed E-state index contributed by atoms with van der Waals surface area (Å²) in [7, 11) is 1.65. The van der Waals surface area contributed by atoms with Crippen LogP contribution in [0.15, 0.2) is 71.7 Å². The summed E-state index contributed by atoms with van der Waals surface area (Å²) in [5.41, 5.74) is 4.71. The maximum Gasteiger partial charge on any atom is 0.121 e. The molecule has 0 aliphatic heterocycles. The SMILES string of the molecule is COc1cc(Nc2ccnc3ccc(Cl)cc23)cc(-c2ccoc2)c1. The molecule has 0 fully saturated rings. The first kappa shape index (κ1) is 15.5. The second-order valence-corrected chi connectivity index (χ2v) is 6.04. The topological polar surface area (TPSA) is 47.3 Å². The summed E-state index contributed by atoms with van der Waals surface area (Å²) in [6, 6.07) is 15.5.